The lowest BCUT2D eigenvalue weighted by Gasteiger charge is -2.13. The van der Waals surface area contributed by atoms with Crippen molar-refractivity contribution >= 4 is 28.1 Å². The highest BCUT2D eigenvalue weighted by molar-refractivity contribution is 9.10. The van der Waals surface area contributed by atoms with Crippen LogP contribution in [0.2, 0.25) is 0 Å². The van der Waals surface area contributed by atoms with Gasteiger partial charge in [0.25, 0.3) is 0 Å². The normalized spacial score (nSPS) is 13.7. The second kappa shape index (κ2) is 6.74. The number of halogens is 1. The SMILES string of the molecule is COc1cc(C=O)cc(Br)c1OCCC(=O)NC1CC1. The minimum Gasteiger partial charge on any atom is -0.493 e. The van der Waals surface area contributed by atoms with Crippen LogP contribution in [0.5, 0.6) is 11.5 Å². The summed E-state index contributed by atoms with van der Waals surface area (Å²) in [6.45, 7) is 0.258. The Labute approximate surface area is 125 Å². The van der Waals surface area contributed by atoms with E-state index < -0.39 is 0 Å². The standard InChI is InChI=1S/C14H16BrNO4/c1-19-12-7-9(8-17)6-11(15)14(12)20-5-4-13(18)16-10-2-3-10/h6-8,10H,2-5H2,1H3,(H,16,18). The maximum Gasteiger partial charge on any atom is 0.223 e. The Morgan fingerprint density at radius 1 is 1.50 bits per heavy atom. The van der Waals surface area contributed by atoms with Crippen molar-refractivity contribution < 1.29 is 19.1 Å². The van der Waals surface area contributed by atoms with E-state index in [1.54, 1.807) is 12.1 Å². The minimum atomic E-state index is -0.00731. The van der Waals surface area contributed by atoms with Crippen molar-refractivity contribution in [2.45, 2.75) is 25.3 Å². The van der Waals surface area contributed by atoms with Crippen molar-refractivity contribution in [2.75, 3.05) is 13.7 Å². The number of benzene rings is 1. The molecule has 1 amide bonds. The molecule has 1 aliphatic carbocycles. The van der Waals surface area contributed by atoms with Crippen LogP contribution in [-0.4, -0.2) is 32.0 Å². The molecule has 1 aromatic rings. The number of ether oxygens (including phenoxy) is 2. The van der Waals surface area contributed by atoms with Crippen LogP contribution in [0.25, 0.3) is 0 Å². The van der Waals surface area contributed by atoms with Crippen molar-refractivity contribution in [3.63, 3.8) is 0 Å². The maximum absolute atomic E-state index is 11.5. The zero-order valence-corrected chi connectivity index (χ0v) is 12.7. The Morgan fingerprint density at radius 3 is 2.85 bits per heavy atom. The average molecular weight is 342 g/mol. The molecule has 0 aromatic heterocycles. The molecule has 1 aromatic carbocycles. The smallest absolute Gasteiger partial charge is 0.223 e. The van der Waals surface area contributed by atoms with E-state index in [4.69, 9.17) is 9.47 Å². The second-order valence-corrected chi connectivity index (χ2v) is 5.45. The molecule has 1 fully saturated rings. The topological polar surface area (TPSA) is 64.6 Å². The molecule has 1 aliphatic rings. The zero-order valence-electron chi connectivity index (χ0n) is 11.1. The van der Waals surface area contributed by atoms with Gasteiger partial charge in [-0.15, -0.1) is 0 Å². The summed E-state index contributed by atoms with van der Waals surface area (Å²) in [5, 5.41) is 2.89. The molecule has 2 rings (SSSR count). The van der Waals surface area contributed by atoms with Gasteiger partial charge in [-0.25, -0.2) is 0 Å². The van der Waals surface area contributed by atoms with Crippen LogP contribution in [0.1, 0.15) is 29.6 Å². The van der Waals surface area contributed by atoms with Crippen LogP contribution in [0.3, 0.4) is 0 Å². The monoisotopic (exact) mass is 341 g/mol. The van der Waals surface area contributed by atoms with E-state index in [1.165, 1.54) is 7.11 Å². The Bertz CT molecular complexity index is 514. The average Bonchev–Trinajstić information content (AvgIpc) is 3.23. The first-order valence-electron chi connectivity index (χ1n) is 6.39. The predicted octanol–water partition coefficient (Wildman–Crippen LogP) is 2.32. The molecule has 1 saturated carbocycles. The summed E-state index contributed by atoms with van der Waals surface area (Å²) < 4.78 is 11.4. The fraction of sp³-hybridized carbons (Fsp3) is 0.429. The Kier molecular flexibility index (Phi) is 5.00. The van der Waals surface area contributed by atoms with Crippen molar-refractivity contribution in [1.82, 2.24) is 5.32 Å². The van der Waals surface area contributed by atoms with Gasteiger partial charge in [0.1, 0.15) is 6.29 Å². The largest absolute Gasteiger partial charge is 0.493 e. The summed E-state index contributed by atoms with van der Waals surface area (Å²) in [6, 6.07) is 3.60. The van der Waals surface area contributed by atoms with E-state index >= 15 is 0 Å². The molecule has 20 heavy (non-hydrogen) atoms. The van der Waals surface area contributed by atoms with Crippen LogP contribution >= 0.6 is 15.9 Å². The van der Waals surface area contributed by atoms with Crippen LogP contribution in [-0.2, 0) is 4.79 Å². The van der Waals surface area contributed by atoms with Crippen molar-refractivity contribution in [3.8, 4) is 11.5 Å². The zero-order chi connectivity index (χ0) is 14.5. The van der Waals surface area contributed by atoms with E-state index in [-0.39, 0.29) is 12.5 Å². The van der Waals surface area contributed by atoms with Gasteiger partial charge in [-0.05, 0) is 40.9 Å². The first kappa shape index (κ1) is 14.8. The summed E-state index contributed by atoms with van der Waals surface area (Å²) in [5.41, 5.74) is 0.493. The summed E-state index contributed by atoms with van der Waals surface area (Å²) in [7, 11) is 1.50. The molecule has 0 aliphatic heterocycles. The quantitative estimate of drug-likeness (QED) is 0.773. The summed E-state index contributed by atoms with van der Waals surface area (Å²) in [5.74, 6) is 0.952. The molecular formula is C14H16BrNO4. The van der Waals surface area contributed by atoms with Crippen molar-refractivity contribution in [3.05, 3.63) is 22.2 Å². The molecule has 0 spiro atoms. The molecular weight excluding hydrogens is 326 g/mol. The van der Waals surface area contributed by atoms with Gasteiger partial charge in [-0.2, -0.15) is 0 Å². The van der Waals surface area contributed by atoms with E-state index in [0.717, 1.165) is 19.1 Å². The summed E-state index contributed by atoms with van der Waals surface area (Å²) in [4.78, 5) is 22.3. The number of aldehydes is 1. The van der Waals surface area contributed by atoms with Gasteiger partial charge < -0.3 is 14.8 Å². The Morgan fingerprint density at radius 2 is 2.25 bits per heavy atom. The number of methoxy groups -OCH3 is 1. The first-order valence-corrected chi connectivity index (χ1v) is 7.18. The number of hydrogen-bond donors (Lipinski definition) is 1. The third-order valence-corrected chi connectivity index (χ3v) is 3.49. The minimum absolute atomic E-state index is 0.00731. The van der Waals surface area contributed by atoms with Crippen LogP contribution in [0.4, 0.5) is 0 Å². The molecule has 5 nitrogen and oxygen atoms in total. The third-order valence-electron chi connectivity index (χ3n) is 2.91. The number of nitrogens with one attached hydrogen (secondary N) is 1. The van der Waals surface area contributed by atoms with Crippen LogP contribution in [0.15, 0.2) is 16.6 Å². The van der Waals surface area contributed by atoms with Gasteiger partial charge >= 0.3 is 0 Å². The molecule has 1 N–H and O–H groups in total. The van der Waals surface area contributed by atoms with Gasteiger partial charge in [-0.1, -0.05) is 0 Å². The molecule has 0 saturated heterocycles. The van der Waals surface area contributed by atoms with Gasteiger partial charge in [0.15, 0.2) is 11.5 Å². The highest BCUT2D eigenvalue weighted by atomic mass is 79.9. The maximum atomic E-state index is 11.5. The lowest BCUT2D eigenvalue weighted by atomic mass is 10.2. The summed E-state index contributed by atoms with van der Waals surface area (Å²) >= 11 is 3.33. The molecule has 0 radical (unpaired) electrons. The van der Waals surface area contributed by atoms with Crippen molar-refractivity contribution in [1.29, 1.82) is 0 Å². The van der Waals surface area contributed by atoms with Crippen LogP contribution < -0.4 is 14.8 Å². The van der Waals surface area contributed by atoms with Gasteiger partial charge in [-0.3, -0.25) is 9.59 Å². The molecule has 0 unspecified atom stereocenters. The third kappa shape index (κ3) is 3.96. The molecule has 6 heteroatoms. The highest BCUT2D eigenvalue weighted by Crippen LogP contribution is 2.36. The van der Waals surface area contributed by atoms with E-state index in [1.807, 2.05) is 0 Å². The van der Waals surface area contributed by atoms with Gasteiger partial charge in [0, 0.05) is 11.6 Å². The number of rotatable bonds is 7. The first-order chi connectivity index (χ1) is 9.63. The second-order valence-electron chi connectivity index (χ2n) is 4.59. The highest BCUT2D eigenvalue weighted by Gasteiger charge is 2.23. The van der Waals surface area contributed by atoms with E-state index in [0.29, 0.717) is 34.0 Å². The molecule has 108 valence electrons. The lowest BCUT2D eigenvalue weighted by Crippen LogP contribution is -2.26. The van der Waals surface area contributed by atoms with Crippen LogP contribution in [0, 0.1) is 0 Å². The number of carbonyl (C=O) groups is 2. The molecule has 0 heterocycles. The Balaban J connectivity index is 1.93. The fourth-order valence-electron chi connectivity index (χ4n) is 1.72. The molecule has 0 atom stereocenters. The number of hydrogen-bond acceptors (Lipinski definition) is 4. The lowest BCUT2D eigenvalue weighted by molar-refractivity contribution is -0.121. The summed E-state index contributed by atoms with van der Waals surface area (Å²) in [6.07, 6.45) is 3.17. The van der Waals surface area contributed by atoms with E-state index in [9.17, 15) is 9.59 Å². The predicted molar refractivity (Wildman–Crippen MR) is 77.4 cm³/mol. The number of amides is 1. The van der Waals surface area contributed by atoms with Gasteiger partial charge in [0.05, 0.1) is 24.6 Å². The Hall–Kier alpha value is -1.56. The van der Waals surface area contributed by atoms with Crippen molar-refractivity contribution in [2.24, 2.45) is 0 Å². The van der Waals surface area contributed by atoms with Gasteiger partial charge in [0.2, 0.25) is 5.91 Å². The number of carbonyl (C=O) groups excluding carboxylic acids is 2. The van der Waals surface area contributed by atoms with E-state index in [2.05, 4.69) is 21.2 Å². The molecule has 0 bridgehead atoms. The fourth-order valence-corrected chi connectivity index (χ4v) is 2.30.